The Kier molecular flexibility index (Phi) is 12.9. The molecular formula is C9H25N6O15P3. The Bertz CT molecular complexity index is 971. The van der Waals surface area contributed by atoms with Crippen molar-refractivity contribution in [2.45, 2.75) is 24.5 Å². The molecule has 1 aliphatic heterocycles. The minimum absolute atomic E-state index is 0. The van der Waals surface area contributed by atoms with Crippen LogP contribution in [0, 0.1) is 0 Å². The molecule has 21 nitrogen and oxygen atoms in total. The van der Waals surface area contributed by atoms with Crippen molar-refractivity contribution in [1.29, 1.82) is 0 Å². The second-order valence-electron chi connectivity index (χ2n) is 5.55. The first-order valence-electron chi connectivity index (χ1n) is 7.43. The first-order chi connectivity index (χ1) is 13.6. The monoisotopic (exact) mass is 550 g/mol. The van der Waals surface area contributed by atoms with Crippen molar-refractivity contribution in [2.75, 3.05) is 12.1 Å². The van der Waals surface area contributed by atoms with E-state index in [4.69, 9.17) is 24.6 Å². The lowest BCUT2D eigenvalue weighted by molar-refractivity contribution is -0.0541. The molecule has 1 aliphatic rings. The average molecular weight is 550 g/mol. The number of phosphoric acid groups is 3. The molecule has 0 saturated carbocycles. The topological polar surface area (TPSA) is 382 Å². The van der Waals surface area contributed by atoms with Gasteiger partial charge in [0.05, 0.1) is 6.61 Å². The lowest BCUT2D eigenvalue weighted by atomic mass is 10.1. The highest BCUT2D eigenvalue weighted by Crippen LogP contribution is 2.66. The zero-order chi connectivity index (χ0) is 22.9. The fraction of sp³-hybridized carbons (Fsp3) is 0.556. The molecule has 0 aliphatic carbocycles. The van der Waals surface area contributed by atoms with E-state index in [9.17, 15) is 33.6 Å². The molecule has 17 N–H and O–H groups in total. The van der Waals surface area contributed by atoms with E-state index in [2.05, 4.69) is 18.1 Å². The molecule has 1 aromatic heterocycles. The van der Waals surface area contributed by atoms with Gasteiger partial charge in [-0.3, -0.25) is 19.8 Å². The van der Waals surface area contributed by atoms with Crippen molar-refractivity contribution in [3.05, 3.63) is 22.7 Å². The maximum absolute atomic E-state index is 11.9. The van der Waals surface area contributed by atoms with Crippen molar-refractivity contribution in [1.82, 2.24) is 28.0 Å². The van der Waals surface area contributed by atoms with E-state index in [0.29, 0.717) is 0 Å². The number of aliphatic hydroxyl groups excluding tert-OH is 2. The Hall–Kier alpha value is -1.19. The lowest BCUT2D eigenvalue weighted by Gasteiger charge is -2.19. The molecule has 24 heteroatoms. The number of ether oxygens (including phenoxy) is 1. The van der Waals surface area contributed by atoms with Crippen LogP contribution in [0.15, 0.2) is 17.1 Å². The summed E-state index contributed by atoms with van der Waals surface area (Å²) in [5.74, 6) is -0.228. The molecule has 2 rings (SSSR count). The van der Waals surface area contributed by atoms with Gasteiger partial charge in [-0.2, -0.15) is 13.6 Å². The van der Waals surface area contributed by atoms with E-state index in [1.807, 2.05) is 0 Å². The Morgan fingerprint density at radius 1 is 1.03 bits per heavy atom. The van der Waals surface area contributed by atoms with Crippen molar-refractivity contribution in [3.8, 4) is 0 Å². The van der Waals surface area contributed by atoms with Crippen LogP contribution in [0.2, 0.25) is 0 Å². The van der Waals surface area contributed by atoms with Crippen LogP contribution in [0.1, 0.15) is 6.23 Å². The molecule has 1 saturated heterocycles. The van der Waals surface area contributed by atoms with Gasteiger partial charge in [-0.1, -0.05) is 0 Å². The normalized spacial score (nSPS) is 26.0. The van der Waals surface area contributed by atoms with Gasteiger partial charge in [0.2, 0.25) is 0 Å². The number of aliphatic hydroxyl groups is 2. The maximum atomic E-state index is 11.9. The smallest absolute Gasteiger partial charge is 0.387 e. The number of aromatic nitrogens is 2. The quantitative estimate of drug-likeness (QED) is 0.123. The van der Waals surface area contributed by atoms with Crippen LogP contribution in [-0.4, -0.2) is 69.5 Å². The largest absolute Gasteiger partial charge is 0.490 e. The first kappa shape index (κ1) is 34.0. The summed E-state index contributed by atoms with van der Waals surface area (Å²) in [6, 6.07) is 1.11. The van der Waals surface area contributed by atoms with Gasteiger partial charge < -0.3 is 53.0 Å². The summed E-state index contributed by atoms with van der Waals surface area (Å²) in [7, 11) is -16.8. The molecule has 1 aromatic rings. The van der Waals surface area contributed by atoms with E-state index in [1.165, 1.54) is 0 Å². The first-order valence-corrected chi connectivity index (χ1v) is 12.0. The van der Waals surface area contributed by atoms with Crippen molar-refractivity contribution in [3.63, 3.8) is 0 Å². The second kappa shape index (κ2) is 12.5. The summed E-state index contributed by atoms with van der Waals surface area (Å²) in [4.78, 5) is 50.6. The molecule has 0 aromatic carbocycles. The molecule has 33 heavy (non-hydrogen) atoms. The molecule has 0 spiro atoms. The highest BCUT2D eigenvalue weighted by atomic mass is 31.3. The van der Waals surface area contributed by atoms with Crippen molar-refractivity contribution in [2.24, 2.45) is 0 Å². The molecule has 1 fully saturated rings. The van der Waals surface area contributed by atoms with Gasteiger partial charge in [0.1, 0.15) is 18.3 Å². The van der Waals surface area contributed by atoms with E-state index < -0.39 is 60.3 Å². The molecular weight excluding hydrogens is 525 g/mol. The fourth-order valence-corrected chi connectivity index (χ4v) is 5.27. The summed E-state index contributed by atoms with van der Waals surface area (Å²) in [6.45, 7) is -1.04. The molecule has 0 bridgehead atoms. The molecule has 0 amide bonds. The van der Waals surface area contributed by atoms with Crippen LogP contribution in [0.5, 0.6) is 0 Å². The third kappa shape index (κ3) is 9.53. The van der Waals surface area contributed by atoms with Gasteiger partial charge in [-0.05, 0) is 6.07 Å². The van der Waals surface area contributed by atoms with E-state index >= 15 is 0 Å². The van der Waals surface area contributed by atoms with Crippen molar-refractivity contribution < 1.29 is 66.6 Å². The zero-order valence-corrected chi connectivity index (χ0v) is 19.1. The van der Waals surface area contributed by atoms with Crippen LogP contribution in [0.3, 0.4) is 0 Å². The van der Waals surface area contributed by atoms with E-state index in [1.54, 1.807) is 5.48 Å². The summed E-state index contributed by atoms with van der Waals surface area (Å²) < 4.78 is 50.7. The molecule has 2 unspecified atom stereocenters. The zero-order valence-electron chi connectivity index (χ0n) is 16.4. The number of nitrogens with zero attached hydrogens (tertiary/aromatic N) is 2. The van der Waals surface area contributed by atoms with Crippen LogP contribution in [0.25, 0.3) is 0 Å². The Morgan fingerprint density at radius 3 is 2.09 bits per heavy atom. The Balaban J connectivity index is 0. The number of rotatable bonds is 9. The molecule has 196 valence electrons. The van der Waals surface area contributed by atoms with Crippen LogP contribution >= 0.6 is 23.5 Å². The van der Waals surface area contributed by atoms with Gasteiger partial charge in [-0.25, -0.2) is 18.5 Å². The van der Waals surface area contributed by atoms with Gasteiger partial charge in [0.15, 0.2) is 12.0 Å². The number of anilines is 1. The van der Waals surface area contributed by atoms with Gasteiger partial charge in [0.25, 0.3) is 0 Å². The predicted molar refractivity (Wildman–Crippen MR) is 105 cm³/mol. The molecule has 0 radical (unpaired) electrons. The highest BCUT2D eigenvalue weighted by Gasteiger charge is 2.46. The number of hydrogen-bond acceptors (Lipinski definition) is 16. The van der Waals surface area contributed by atoms with E-state index in [-0.39, 0.29) is 24.3 Å². The third-order valence-electron chi connectivity index (χ3n) is 3.37. The Morgan fingerprint density at radius 2 is 1.61 bits per heavy atom. The van der Waals surface area contributed by atoms with Gasteiger partial charge >= 0.3 is 29.2 Å². The average Bonchev–Trinajstić information content (AvgIpc) is 2.85. The maximum Gasteiger partial charge on any atom is 0.490 e. The Labute approximate surface area is 184 Å². The second-order valence-corrected chi connectivity index (χ2v) is 9.97. The lowest BCUT2D eigenvalue weighted by Crippen LogP contribution is -2.36. The minimum Gasteiger partial charge on any atom is -0.387 e. The van der Waals surface area contributed by atoms with Crippen LogP contribution in [0.4, 0.5) is 5.82 Å². The summed E-state index contributed by atoms with van der Waals surface area (Å²) in [5, 5.41) is 28.7. The number of nitrogens with one attached hydrogen (secondary N) is 1. The minimum atomic E-state index is -5.73. The summed E-state index contributed by atoms with van der Waals surface area (Å²) in [5.41, 5.74) is 0.597. The standard InChI is InChI=1S/C9H16N3O15P3.3H3N/c13-6-4(3-24-29(20,21)27-30(22,23)26-28(17,18)19)25-8(7(6)14)12-2-1-5(11-16)10-9(12)15;;;/h1-2,4,6-8,13-14,16H,3H2,(H,20,21)(H,22,23)(H,10,11,15)(H2,17,18,19);3*1H3/t4-,6-,7-,8-;;;/m1.../s1. The van der Waals surface area contributed by atoms with E-state index in [0.717, 1.165) is 16.8 Å². The predicted octanol–water partition coefficient (Wildman–Crippen LogP) is -1.51. The van der Waals surface area contributed by atoms with Gasteiger partial charge in [-0.15, -0.1) is 0 Å². The van der Waals surface area contributed by atoms with Crippen molar-refractivity contribution >= 4 is 29.3 Å². The van der Waals surface area contributed by atoms with Crippen LogP contribution < -0.4 is 29.6 Å². The third-order valence-corrected chi connectivity index (χ3v) is 7.18. The molecule has 6 atom stereocenters. The number of hydrogen-bond donors (Lipinski definition) is 11. The SMILES string of the molecule is N.N.N.O=c1nc(NO)ccn1[C@@H]1O[C@H](COP(=O)(O)OP(=O)(O)OP(=O)(O)O)[C@@H](O)[C@H]1O. The summed E-state index contributed by atoms with van der Waals surface area (Å²) >= 11 is 0. The number of phosphoric ester groups is 1. The molecule has 2 heterocycles. The van der Waals surface area contributed by atoms with Crippen LogP contribution in [-0.2, 0) is 31.6 Å². The fourth-order valence-electron chi connectivity index (χ4n) is 2.24. The summed E-state index contributed by atoms with van der Waals surface area (Å²) in [6.07, 6.45) is -5.62. The highest BCUT2D eigenvalue weighted by molar-refractivity contribution is 7.66. The van der Waals surface area contributed by atoms with Gasteiger partial charge in [0, 0.05) is 6.20 Å².